The summed E-state index contributed by atoms with van der Waals surface area (Å²) in [6.07, 6.45) is 0. The number of halogens is 1. The van der Waals surface area contributed by atoms with Crippen molar-refractivity contribution in [2.24, 2.45) is 0 Å². The second kappa shape index (κ2) is 4.55. The molecule has 0 fully saturated rings. The maximum atomic E-state index is 12.0. The van der Waals surface area contributed by atoms with Gasteiger partial charge in [0.15, 0.2) is 0 Å². The van der Waals surface area contributed by atoms with E-state index in [9.17, 15) is 4.79 Å². The molecular formula is C12H15BrN2O. The van der Waals surface area contributed by atoms with Crippen molar-refractivity contribution in [2.75, 3.05) is 27.2 Å². The van der Waals surface area contributed by atoms with Gasteiger partial charge in [-0.3, -0.25) is 4.79 Å². The van der Waals surface area contributed by atoms with Crippen molar-refractivity contribution in [1.82, 2.24) is 9.80 Å². The molecule has 1 heterocycles. The summed E-state index contributed by atoms with van der Waals surface area (Å²) in [7, 11) is 4.03. The van der Waals surface area contributed by atoms with Crippen LogP contribution in [0.2, 0.25) is 0 Å². The third-order valence-corrected chi connectivity index (χ3v) is 3.55. The van der Waals surface area contributed by atoms with Crippen LogP contribution < -0.4 is 0 Å². The van der Waals surface area contributed by atoms with E-state index in [1.807, 2.05) is 37.2 Å². The van der Waals surface area contributed by atoms with Crippen LogP contribution in [0.3, 0.4) is 0 Å². The molecule has 4 heteroatoms. The standard InChI is InChI=1S/C12H15BrN2O/c1-14(2)6-7-15-8-10-9(12(15)16)4-3-5-11(10)13/h3-5H,6-8H2,1-2H3. The zero-order valence-corrected chi connectivity index (χ0v) is 11.1. The van der Waals surface area contributed by atoms with Crippen LogP contribution >= 0.6 is 15.9 Å². The highest BCUT2D eigenvalue weighted by Crippen LogP contribution is 2.28. The predicted molar refractivity (Wildman–Crippen MR) is 67.4 cm³/mol. The third-order valence-electron chi connectivity index (χ3n) is 2.80. The Balaban J connectivity index is 2.15. The van der Waals surface area contributed by atoms with Crippen molar-refractivity contribution in [2.45, 2.75) is 6.54 Å². The molecule has 0 aliphatic carbocycles. The van der Waals surface area contributed by atoms with Gasteiger partial charge in [-0.2, -0.15) is 0 Å². The molecule has 1 aliphatic heterocycles. The molecule has 0 saturated carbocycles. The summed E-state index contributed by atoms with van der Waals surface area (Å²) >= 11 is 3.49. The number of benzene rings is 1. The Labute approximate surface area is 104 Å². The van der Waals surface area contributed by atoms with Gasteiger partial charge in [-0.05, 0) is 31.8 Å². The summed E-state index contributed by atoms with van der Waals surface area (Å²) in [5.74, 6) is 0.151. The Kier molecular flexibility index (Phi) is 3.30. The smallest absolute Gasteiger partial charge is 0.254 e. The molecular weight excluding hydrogens is 268 g/mol. The van der Waals surface area contributed by atoms with E-state index in [0.29, 0.717) is 0 Å². The molecule has 0 N–H and O–H groups in total. The molecule has 1 amide bonds. The molecule has 0 unspecified atom stereocenters. The van der Waals surface area contributed by atoms with E-state index in [2.05, 4.69) is 20.8 Å². The molecule has 1 aliphatic rings. The highest BCUT2D eigenvalue weighted by atomic mass is 79.9. The van der Waals surface area contributed by atoms with Crippen LogP contribution in [0.25, 0.3) is 0 Å². The van der Waals surface area contributed by atoms with Crippen molar-refractivity contribution in [3.8, 4) is 0 Å². The average Bonchev–Trinajstić information content (AvgIpc) is 2.55. The Bertz CT molecular complexity index is 417. The minimum atomic E-state index is 0.151. The first kappa shape index (κ1) is 11.6. The molecule has 16 heavy (non-hydrogen) atoms. The van der Waals surface area contributed by atoms with Crippen LogP contribution in [0.15, 0.2) is 22.7 Å². The van der Waals surface area contributed by atoms with Crippen LogP contribution in [0, 0.1) is 0 Å². The Morgan fingerprint density at radius 3 is 2.81 bits per heavy atom. The van der Waals surface area contributed by atoms with Gasteiger partial charge in [0, 0.05) is 29.7 Å². The molecule has 1 aromatic rings. The quantitative estimate of drug-likeness (QED) is 0.846. The Hall–Kier alpha value is -0.870. The van der Waals surface area contributed by atoms with Gasteiger partial charge in [-0.1, -0.05) is 22.0 Å². The normalized spacial score (nSPS) is 14.8. The second-order valence-electron chi connectivity index (χ2n) is 4.30. The molecule has 0 bridgehead atoms. The SMILES string of the molecule is CN(C)CCN1Cc2c(Br)cccc2C1=O. The van der Waals surface area contributed by atoms with Gasteiger partial charge in [0.1, 0.15) is 0 Å². The van der Waals surface area contributed by atoms with Gasteiger partial charge in [-0.15, -0.1) is 0 Å². The van der Waals surface area contributed by atoms with Crippen molar-refractivity contribution < 1.29 is 4.79 Å². The number of carbonyl (C=O) groups is 1. The van der Waals surface area contributed by atoms with Crippen molar-refractivity contribution in [1.29, 1.82) is 0 Å². The number of nitrogens with zero attached hydrogens (tertiary/aromatic N) is 2. The monoisotopic (exact) mass is 282 g/mol. The van der Waals surface area contributed by atoms with Gasteiger partial charge < -0.3 is 9.80 Å². The lowest BCUT2D eigenvalue weighted by Crippen LogP contribution is -2.31. The van der Waals surface area contributed by atoms with Crippen LogP contribution in [-0.4, -0.2) is 42.9 Å². The van der Waals surface area contributed by atoms with Gasteiger partial charge in [0.05, 0.1) is 0 Å². The summed E-state index contributed by atoms with van der Waals surface area (Å²) < 4.78 is 1.03. The first-order chi connectivity index (χ1) is 7.59. The van der Waals surface area contributed by atoms with E-state index in [1.165, 1.54) is 0 Å². The summed E-state index contributed by atoms with van der Waals surface area (Å²) in [6, 6.07) is 5.80. The number of likely N-dealkylation sites (N-methyl/N-ethyl adjacent to an activating group) is 1. The molecule has 0 saturated heterocycles. The lowest BCUT2D eigenvalue weighted by Gasteiger charge is -2.18. The molecule has 0 radical (unpaired) electrons. The third kappa shape index (κ3) is 2.13. The van der Waals surface area contributed by atoms with E-state index in [0.717, 1.165) is 35.2 Å². The maximum absolute atomic E-state index is 12.0. The fraction of sp³-hybridized carbons (Fsp3) is 0.417. The van der Waals surface area contributed by atoms with Crippen LogP contribution in [0.5, 0.6) is 0 Å². The molecule has 1 aromatic carbocycles. The van der Waals surface area contributed by atoms with E-state index in [1.54, 1.807) is 0 Å². The molecule has 0 spiro atoms. The summed E-state index contributed by atoms with van der Waals surface area (Å²) in [5.41, 5.74) is 1.96. The minimum Gasteiger partial charge on any atom is -0.333 e. The summed E-state index contributed by atoms with van der Waals surface area (Å²) in [5, 5.41) is 0. The van der Waals surface area contributed by atoms with Crippen LogP contribution in [0.4, 0.5) is 0 Å². The highest BCUT2D eigenvalue weighted by Gasteiger charge is 2.28. The number of rotatable bonds is 3. The fourth-order valence-electron chi connectivity index (χ4n) is 1.85. The number of carbonyl (C=O) groups excluding carboxylic acids is 1. The Morgan fingerprint density at radius 2 is 2.19 bits per heavy atom. The van der Waals surface area contributed by atoms with E-state index in [4.69, 9.17) is 0 Å². The largest absolute Gasteiger partial charge is 0.333 e. The lowest BCUT2D eigenvalue weighted by molar-refractivity contribution is 0.0768. The van der Waals surface area contributed by atoms with Crippen molar-refractivity contribution in [3.63, 3.8) is 0 Å². The zero-order valence-electron chi connectivity index (χ0n) is 9.53. The molecule has 0 aromatic heterocycles. The molecule has 86 valence electrons. The summed E-state index contributed by atoms with van der Waals surface area (Å²) in [6.45, 7) is 2.41. The second-order valence-corrected chi connectivity index (χ2v) is 5.15. The van der Waals surface area contributed by atoms with Crippen molar-refractivity contribution >= 4 is 21.8 Å². The molecule has 2 rings (SSSR count). The molecule has 3 nitrogen and oxygen atoms in total. The number of hydrogen-bond acceptors (Lipinski definition) is 2. The maximum Gasteiger partial charge on any atom is 0.254 e. The predicted octanol–water partition coefficient (Wildman–Crippen LogP) is 1.97. The van der Waals surface area contributed by atoms with Crippen LogP contribution in [0.1, 0.15) is 15.9 Å². The molecule has 0 atom stereocenters. The van der Waals surface area contributed by atoms with E-state index < -0.39 is 0 Å². The van der Waals surface area contributed by atoms with E-state index >= 15 is 0 Å². The number of hydrogen-bond donors (Lipinski definition) is 0. The first-order valence-corrected chi connectivity index (χ1v) is 6.10. The van der Waals surface area contributed by atoms with Crippen LogP contribution in [-0.2, 0) is 6.54 Å². The van der Waals surface area contributed by atoms with E-state index in [-0.39, 0.29) is 5.91 Å². The number of fused-ring (bicyclic) bond motifs is 1. The fourth-order valence-corrected chi connectivity index (χ4v) is 2.35. The zero-order chi connectivity index (χ0) is 11.7. The highest BCUT2D eigenvalue weighted by molar-refractivity contribution is 9.10. The summed E-state index contributed by atoms with van der Waals surface area (Å²) in [4.78, 5) is 16.0. The average molecular weight is 283 g/mol. The minimum absolute atomic E-state index is 0.151. The van der Waals surface area contributed by atoms with Crippen molar-refractivity contribution in [3.05, 3.63) is 33.8 Å². The first-order valence-electron chi connectivity index (χ1n) is 5.31. The number of amides is 1. The van der Waals surface area contributed by atoms with Gasteiger partial charge in [-0.25, -0.2) is 0 Å². The van der Waals surface area contributed by atoms with Gasteiger partial charge in [0.2, 0.25) is 0 Å². The topological polar surface area (TPSA) is 23.6 Å². The lowest BCUT2D eigenvalue weighted by atomic mass is 10.1. The van der Waals surface area contributed by atoms with Gasteiger partial charge in [0.25, 0.3) is 5.91 Å². The Morgan fingerprint density at radius 1 is 1.44 bits per heavy atom. The van der Waals surface area contributed by atoms with Gasteiger partial charge >= 0.3 is 0 Å².